The lowest BCUT2D eigenvalue weighted by Crippen LogP contribution is -2.55. The Kier molecular flexibility index (Phi) is 6.27. The first-order chi connectivity index (χ1) is 12.6. The second-order valence-corrected chi connectivity index (χ2v) is 7.08. The average Bonchev–Trinajstić information content (AvgIpc) is 3.22. The third kappa shape index (κ3) is 4.43. The Morgan fingerprint density at radius 3 is 2.46 bits per heavy atom. The fourth-order valence-electron chi connectivity index (χ4n) is 3.54. The van der Waals surface area contributed by atoms with E-state index < -0.39 is 0 Å². The Bertz CT molecular complexity index is 618. The van der Waals surface area contributed by atoms with Gasteiger partial charge >= 0.3 is 0 Å². The molecule has 2 aliphatic heterocycles. The number of carbonyl (C=O) groups is 2. The Balaban J connectivity index is 1.48. The van der Waals surface area contributed by atoms with Gasteiger partial charge in [-0.15, -0.1) is 0 Å². The van der Waals surface area contributed by atoms with Gasteiger partial charge in [-0.25, -0.2) is 0 Å². The van der Waals surface area contributed by atoms with Crippen LogP contribution < -0.4 is 5.32 Å². The van der Waals surface area contributed by atoms with E-state index in [4.69, 9.17) is 4.74 Å². The van der Waals surface area contributed by atoms with Crippen LogP contribution in [0.4, 0.5) is 5.69 Å². The van der Waals surface area contributed by atoms with E-state index in [1.807, 2.05) is 36.1 Å². The summed E-state index contributed by atoms with van der Waals surface area (Å²) in [4.78, 5) is 29.0. The van der Waals surface area contributed by atoms with Crippen molar-refractivity contribution in [2.75, 3.05) is 38.1 Å². The molecule has 6 nitrogen and oxygen atoms in total. The lowest BCUT2D eigenvalue weighted by atomic mass is 10.1. The number of nitrogens with zero attached hydrogens (tertiary/aromatic N) is 2. The zero-order valence-electron chi connectivity index (χ0n) is 15.7. The summed E-state index contributed by atoms with van der Waals surface area (Å²) in [6, 6.07) is 7.75. The number of ether oxygens (including phenoxy) is 1. The highest BCUT2D eigenvalue weighted by molar-refractivity contribution is 5.94. The molecule has 142 valence electrons. The monoisotopic (exact) mass is 359 g/mol. The summed E-state index contributed by atoms with van der Waals surface area (Å²) in [6.07, 6.45) is 2.52. The topological polar surface area (TPSA) is 61.9 Å². The van der Waals surface area contributed by atoms with E-state index in [9.17, 15) is 9.59 Å². The first-order valence-electron chi connectivity index (χ1n) is 9.62. The molecular formula is C20H29N3O3. The number of hydrogen-bond acceptors (Lipinski definition) is 4. The van der Waals surface area contributed by atoms with Crippen LogP contribution >= 0.6 is 0 Å². The van der Waals surface area contributed by atoms with Crippen molar-refractivity contribution in [2.24, 2.45) is 0 Å². The van der Waals surface area contributed by atoms with Crippen molar-refractivity contribution in [3.8, 4) is 0 Å². The number of hydrogen-bond donors (Lipinski definition) is 1. The van der Waals surface area contributed by atoms with Crippen LogP contribution in [0.2, 0.25) is 0 Å². The van der Waals surface area contributed by atoms with Crippen LogP contribution in [0.15, 0.2) is 24.3 Å². The Morgan fingerprint density at radius 2 is 1.88 bits per heavy atom. The second kappa shape index (κ2) is 8.64. The molecule has 0 aromatic heterocycles. The van der Waals surface area contributed by atoms with Gasteiger partial charge in [0.15, 0.2) is 0 Å². The van der Waals surface area contributed by atoms with E-state index in [2.05, 4.69) is 17.1 Å². The summed E-state index contributed by atoms with van der Waals surface area (Å²) in [6.45, 7) is 7.45. The van der Waals surface area contributed by atoms with E-state index >= 15 is 0 Å². The van der Waals surface area contributed by atoms with Crippen LogP contribution in [-0.4, -0.2) is 66.5 Å². The molecule has 2 fully saturated rings. The zero-order chi connectivity index (χ0) is 18.5. The molecule has 2 unspecified atom stereocenters. The Morgan fingerprint density at radius 1 is 1.19 bits per heavy atom. The van der Waals surface area contributed by atoms with Gasteiger partial charge in [0.2, 0.25) is 5.91 Å². The number of nitrogens with one attached hydrogen (secondary N) is 1. The van der Waals surface area contributed by atoms with Crippen molar-refractivity contribution >= 4 is 17.5 Å². The maximum Gasteiger partial charge on any atom is 0.251 e. The van der Waals surface area contributed by atoms with Crippen LogP contribution in [0.3, 0.4) is 0 Å². The molecule has 2 saturated heterocycles. The van der Waals surface area contributed by atoms with E-state index in [1.165, 1.54) is 5.56 Å². The second-order valence-electron chi connectivity index (χ2n) is 7.08. The van der Waals surface area contributed by atoms with E-state index in [0.29, 0.717) is 32.8 Å². The first-order valence-corrected chi connectivity index (χ1v) is 9.62. The minimum absolute atomic E-state index is 0.00634. The maximum atomic E-state index is 12.5. The number of piperazine rings is 1. The molecule has 2 aliphatic rings. The molecule has 0 radical (unpaired) electrons. The molecule has 1 N–H and O–H groups in total. The lowest BCUT2D eigenvalue weighted by molar-refractivity contribution is -0.143. The van der Waals surface area contributed by atoms with Crippen LogP contribution in [0, 0.1) is 0 Å². The number of rotatable bonds is 5. The summed E-state index contributed by atoms with van der Waals surface area (Å²) in [7, 11) is 0. The van der Waals surface area contributed by atoms with Gasteiger partial charge in [0, 0.05) is 38.5 Å². The average molecular weight is 359 g/mol. The number of anilines is 1. The summed E-state index contributed by atoms with van der Waals surface area (Å²) in [5.41, 5.74) is 2.08. The maximum absolute atomic E-state index is 12.5. The van der Waals surface area contributed by atoms with Gasteiger partial charge in [-0.2, -0.15) is 0 Å². The number of carbonyl (C=O) groups excluding carboxylic acids is 2. The summed E-state index contributed by atoms with van der Waals surface area (Å²) in [5.74, 6) is 0.100. The van der Waals surface area contributed by atoms with E-state index in [0.717, 1.165) is 24.9 Å². The van der Waals surface area contributed by atoms with Crippen molar-refractivity contribution in [1.82, 2.24) is 9.80 Å². The normalized spacial score (nSPS) is 22.2. The van der Waals surface area contributed by atoms with Crippen molar-refractivity contribution in [2.45, 2.75) is 45.3 Å². The van der Waals surface area contributed by atoms with Crippen LogP contribution in [-0.2, 0) is 20.7 Å². The third-order valence-corrected chi connectivity index (χ3v) is 5.39. The molecule has 1 aromatic carbocycles. The molecule has 0 saturated carbocycles. The molecule has 3 rings (SSSR count). The standard InChI is InChI=1S/C20H29N3O3/c1-3-16-6-8-17(9-7-16)21-19(24)15(2)22-10-12-23(13-11-22)20(25)18-5-4-14-26-18/h6-9,15,18H,3-5,10-14H2,1-2H3,(H,21,24). The van der Waals surface area contributed by atoms with Crippen molar-refractivity contribution in [3.05, 3.63) is 29.8 Å². The number of amides is 2. The summed E-state index contributed by atoms with van der Waals surface area (Å²) >= 11 is 0. The van der Waals surface area contributed by atoms with Crippen LogP contribution in [0.1, 0.15) is 32.3 Å². The number of aryl methyl sites for hydroxylation is 1. The van der Waals surface area contributed by atoms with Gasteiger partial charge in [-0.05, 0) is 43.9 Å². The molecular weight excluding hydrogens is 330 g/mol. The summed E-state index contributed by atoms with van der Waals surface area (Å²) in [5, 5.41) is 2.99. The largest absolute Gasteiger partial charge is 0.368 e. The predicted octanol–water partition coefficient (Wildman–Crippen LogP) is 1.90. The van der Waals surface area contributed by atoms with E-state index in [1.54, 1.807) is 0 Å². The quantitative estimate of drug-likeness (QED) is 0.872. The van der Waals surface area contributed by atoms with Gasteiger partial charge < -0.3 is 15.0 Å². The highest BCUT2D eigenvalue weighted by Crippen LogP contribution is 2.17. The SMILES string of the molecule is CCc1ccc(NC(=O)C(C)N2CCN(C(=O)C3CCCO3)CC2)cc1. The Labute approximate surface area is 155 Å². The molecule has 0 bridgehead atoms. The minimum Gasteiger partial charge on any atom is -0.368 e. The lowest BCUT2D eigenvalue weighted by Gasteiger charge is -2.38. The van der Waals surface area contributed by atoms with Crippen molar-refractivity contribution in [3.63, 3.8) is 0 Å². The Hall–Kier alpha value is -1.92. The van der Waals surface area contributed by atoms with Gasteiger partial charge in [0.05, 0.1) is 6.04 Å². The molecule has 0 aliphatic carbocycles. The fourth-order valence-corrected chi connectivity index (χ4v) is 3.54. The predicted molar refractivity (Wildman–Crippen MR) is 101 cm³/mol. The molecule has 2 atom stereocenters. The third-order valence-electron chi connectivity index (χ3n) is 5.39. The van der Waals surface area contributed by atoms with Crippen LogP contribution in [0.5, 0.6) is 0 Å². The van der Waals surface area contributed by atoms with Gasteiger partial charge in [-0.1, -0.05) is 19.1 Å². The van der Waals surface area contributed by atoms with Gasteiger partial charge in [0.25, 0.3) is 5.91 Å². The number of benzene rings is 1. The smallest absolute Gasteiger partial charge is 0.251 e. The zero-order valence-corrected chi connectivity index (χ0v) is 15.7. The minimum atomic E-state index is -0.256. The highest BCUT2D eigenvalue weighted by atomic mass is 16.5. The van der Waals surface area contributed by atoms with Gasteiger partial charge in [-0.3, -0.25) is 14.5 Å². The molecule has 26 heavy (non-hydrogen) atoms. The fraction of sp³-hybridized carbons (Fsp3) is 0.600. The van der Waals surface area contributed by atoms with Crippen LogP contribution in [0.25, 0.3) is 0 Å². The molecule has 0 spiro atoms. The van der Waals surface area contributed by atoms with E-state index in [-0.39, 0.29) is 24.0 Å². The first kappa shape index (κ1) is 18.9. The van der Waals surface area contributed by atoms with Crippen molar-refractivity contribution in [1.29, 1.82) is 0 Å². The molecule has 2 heterocycles. The summed E-state index contributed by atoms with van der Waals surface area (Å²) < 4.78 is 5.49. The molecule has 6 heteroatoms. The van der Waals surface area contributed by atoms with Gasteiger partial charge in [0.1, 0.15) is 6.10 Å². The highest BCUT2D eigenvalue weighted by Gasteiger charge is 2.32. The molecule has 1 aromatic rings. The molecule has 2 amide bonds. The van der Waals surface area contributed by atoms with Crippen molar-refractivity contribution < 1.29 is 14.3 Å².